The second-order valence-corrected chi connectivity index (χ2v) is 6.03. The zero-order chi connectivity index (χ0) is 16.0. The Morgan fingerprint density at radius 3 is 2.26 bits per heavy atom. The maximum Gasteiger partial charge on any atom is 0.272 e. The SMILES string of the molecule is O=C1c2ccccc2C(=O)N1Sc1ccc2ccc(O)cc2n1. The van der Waals surface area contributed by atoms with E-state index in [0.717, 1.165) is 21.6 Å². The first kappa shape index (κ1) is 13.8. The number of nitrogens with zero attached hydrogens (tertiary/aromatic N) is 2. The Bertz CT molecular complexity index is 936. The van der Waals surface area contributed by atoms with Gasteiger partial charge in [0.25, 0.3) is 11.8 Å². The molecule has 2 aromatic carbocycles. The monoisotopic (exact) mass is 322 g/mol. The Morgan fingerprint density at radius 2 is 1.57 bits per heavy atom. The van der Waals surface area contributed by atoms with E-state index in [-0.39, 0.29) is 17.6 Å². The molecule has 6 heteroatoms. The zero-order valence-electron chi connectivity index (χ0n) is 11.8. The van der Waals surface area contributed by atoms with Crippen molar-refractivity contribution in [1.29, 1.82) is 0 Å². The largest absolute Gasteiger partial charge is 0.508 e. The third kappa shape index (κ3) is 2.24. The van der Waals surface area contributed by atoms with Gasteiger partial charge in [-0.15, -0.1) is 0 Å². The van der Waals surface area contributed by atoms with Gasteiger partial charge in [0.15, 0.2) is 0 Å². The van der Waals surface area contributed by atoms with Crippen molar-refractivity contribution in [3.63, 3.8) is 0 Å². The molecular formula is C17H10N2O3S. The molecule has 0 spiro atoms. The molecule has 1 aromatic heterocycles. The van der Waals surface area contributed by atoms with Crippen LogP contribution in [0.15, 0.2) is 59.6 Å². The minimum Gasteiger partial charge on any atom is -0.508 e. The molecule has 4 rings (SSSR count). The van der Waals surface area contributed by atoms with E-state index in [1.54, 1.807) is 48.5 Å². The van der Waals surface area contributed by atoms with Gasteiger partial charge in [-0.3, -0.25) is 9.59 Å². The first-order valence-corrected chi connectivity index (χ1v) is 7.66. The van der Waals surface area contributed by atoms with Gasteiger partial charge in [0, 0.05) is 23.4 Å². The molecule has 1 aliphatic rings. The fraction of sp³-hybridized carbons (Fsp3) is 0. The minimum absolute atomic E-state index is 0.118. The van der Waals surface area contributed by atoms with Gasteiger partial charge < -0.3 is 5.11 Å². The normalized spacial score (nSPS) is 13.7. The third-order valence-corrected chi connectivity index (χ3v) is 4.52. The van der Waals surface area contributed by atoms with Crippen LogP contribution < -0.4 is 0 Å². The standard InChI is InChI=1S/C17H10N2O3S/c20-11-7-5-10-6-8-15(18-14(10)9-11)23-19-16(21)12-3-1-2-4-13(12)17(19)22/h1-9,20H. The van der Waals surface area contributed by atoms with Gasteiger partial charge in [0.2, 0.25) is 0 Å². The number of benzene rings is 2. The molecule has 3 aromatic rings. The summed E-state index contributed by atoms with van der Waals surface area (Å²) in [5.74, 6) is -0.560. The van der Waals surface area contributed by atoms with Crippen LogP contribution in [0.1, 0.15) is 20.7 Å². The molecule has 23 heavy (non-hydrogen) atoms. The highest BCUT2D eigenvalue weighted by Crippen LogP contribution is 2.32. The number of aromatic nitrogens is 1. The average molecular weight is 322 g/mol. The smallest absolute Gasteiger partial charge is 0.272 e. The average Bonchev–Trinajstić information content (AvgIpc) is 2.80. The molecule has 0 radical (unpaired) electrons. The van der Waals surface area contributed by atoms with E-state index in [9.17, 15) is 14.7 Å². The maximum atomic E-state index is 12.3. The number of imide groups is 1. The number of pyridine rings is 1. The molecule has 0 unspecified atom stereocenters. The van der Waals surface area contributed by atoms with Crippen LogP contribution in [-0.4, -0.2) is 26.2 Å². The van der Waals surface area contributed by atoms with E-state index < -0.39 is 0 Å². The number of carbonyl (C=O) groups excluding carboxylic acids is 2. The number of fused-ring (bicyclic) bond motifs is 2. The molecular weight excluding hydrogens is 312 g/mol. The summed E-state index contributed by atoms with van der Waals surface area (Å²) in [6.07, 6.45) is 0. The van der Waals surface area contributed by atoms with Crippen molar-refractivity contribution in [1.82, 2.24) is 9.29 Å². The molecule has 0 saturated carbocycles. The van der Waals surface area contributed by atoms with Crippen molar-refractivity contribution >= 4 is 34.7 Å². The molecule has 0 aliphatic carbocycles. The van der Waals surface area contributed by atoms with Gasteiger partial charge in [-0.2, -0.15) is 0 Å². The lowest BCUT2D eigenvalue weighted by Crippen LogP contribution is -2.22. The second-order valence-electron chi connectivity index (χ2n) is 5.07. The van der Waals surface area contributed by atoms with E-state index in [0.29, 0.717) is 21.7 Å². The van der Waals surface area contributed by atoms with Crippen molar-refractivity contribution in [2.24, 2.45) is 0 Å². The molecule has 0 bridgehead atoms. The van der Waals surface area contributed by atoms with Crippen LogP contribution >= 0.6 is 11.9 Å². The lowest BCUT2D eigenvalue weighted by atomic mass is 10.1. The van der Waals surface area contributed by atoms with Crippen molar-refractivity contribution in [3.8, 4) is 5.75 Å². The summed E-state index contributed by atoms with van der Waals surface area (Å²) in [5, 5.41) is 10.9. The summed E-state index contributed by atoms with van der Waals surface area (Å²) in [6, 6.07) is 15.2. The van der Waals surface area contributed by atoms with Crippen LogP contribution in [0.2, 0.25) is 0 Å². The zero-order valence-corrected chi connectivity index (χ0v) is 12.6. The van der Waals surface area contributed by atoms with Gasteiger partial charge >= 0.3 is 0 Å². The molecule has 0 saturated heterocycles. The van der Waals surface area contributed by atoms with Gasteiger partial charge in [0.1, 0.15) is 10.8 Å². The van der Waals surface area contributed by atoms with Crippen LogP contribution in [0.5, 0.6) is 5.75 Å². The number of amides is 2. The topological polar surface area (TPSA) is 70.5 Å². The Balaban J connectivity index is 1.69. The van der Waals surface area contributed by atoms with Gasteiger partial charge in [-0.25, -0.2) is 9.29 Å². The lowest BCUT2D eigenvalue weighted by Gasteiger charge is -2.11. The Labute approximate surface area is 135 Å². The van der Waals surface area contributed by atoms with Crippen LogP contribution in [0.3, 0.4) is 0 Å². The molecule has 1 N–H and O–H groups in total. The summed E-state index contributed by atoms with van der Waals surface area (Å²) in [6.45, 7) is 0. The molecule has 1 aliphatic heterocycles. The predicted molar refractivity (Wildman–Crippen MR) is 86.2 cm³/mol. The molecule has 112 valence electrons. The third-order valence-electron chi connectivity index (χ3n) is 3.59. The van der Waals surface area contributed by atoms with Crippen molar-refractivity contribution in [2.45, 2.75) is 5.03 Å². The summed E-state index contributed by atoms with van der Waals surface area (Å²) in [4.78, 5) is 29.1. The van der Waals surface area contributed by atoms with Gasteiger partial charge in [0.05, 0.1) is 16.6 Å². The maximum absolute atomic E-state index is 12.3. The van der Waals surface area contributed by atoms with E-state index in [4.69, 9.17) is 0 Å². The summed E-state index contributed by atoms with van der Waals surface area (Å²) < 4.78 is 1.11. The summed E-state index contributed by atoms with van der Waals surface area (Å²) in [5.41, 5.74) is 1.42. The quantitative estimate of drug-likeness (QED) is 0.579. The van der Waals surface area contributed by atoms with Crippen LogP contribution in [-0.2, 0) is 0 Å². The Morgan fingerprint density at radius 1 is 0.913 bits per heavy atom. The minimum atomic E-state index is -0.339. The fourth-order valence-electron chi connectivity index (χ4n) is 2.48. The van der Waals surface area contributed by atoms with E-state index >= 15 is 0 Å². The molecule has 0 fully saturated rings. The lowest BCUT2D eigenvalue weighted by molar-refractivity contribution is 0.0777. The van der Waals surface area contributed by atoms with E-state index in [1.165, 1.54) is 0 Å². The summed E-state index contributed by atoms with van der Waals surface area (Å²) >= 11 is 0.986. The number of aromatic hydroxyl groups is 1. The predicted octanol–water partition coefficient (Wildman–Crippen LogP) is 3.24. The van der Waals surface area contributed by atoms with Crippen LogP contribution in [0.25, 0.3) is 10.9 Å². The number of hydrogen-bond donors (Lipinski definition) is 1. The number of rotatable bonds is 2. The second kappa shape index (κ2) is 5.10. The number of phenols is 1. The van der Waals surface area contributed by atoms with Crippen LogP contribution in [0.4, 0.5) is 0 Å². The van der Waals surface area contributed by atoms with Crippen LogP contribution in [0, 0.1) is 0 Å². The summed E-state index contributed by atoms with van der Waals surface area (Å²) in [7, 11) is 0. The van der Waals surface area contributed by atoms with Crippen molar-refractivity contribution in [2.75, 3.05) is 0 Å². The fourth-order valence-corrected chi connectivity index (χ4v) is 3.30. The Hall–Kier alpha value is -2.86. The van der Waals surface area contributed by atoms with E-state index in [2.05, 4.69) is 4.98 Å². The van der Waals surface area contributed by atoms with E-state index in [1.807, 2.05) is 6.07 Å². The van der Waals surface area contributed by atoms with Gasteiger partial charge in [-0.05, 0) is 30.3 Å². The van der Waals surface area contributed by atoms with Crippen molar-refractivity contribution in [3.05, 3.63) is 65.7 Å². The number of carbonyl (C=O) groups is 2. The molecule has 2 amide bonds. The first-order valence-electron chi connectivity index (χ1n) is 6.89. The number of hydrogen-bond acceptors (Lipinski definition) is 5. The highest BCUT2D eigenvalue weighted by atomic mass is 32.2. The molecule has 2 heterocycles. The van der Waals surface area contributed by atoms with Crippen molar-refractivity contribution < 1.29 is 14.7 Å². The highest BCUT2D eigenvalue weighted by Gasteiger charge is 2.36. The Kier molecular flexibility index (Phi) is 3.06. The first-order chi connectivity index (χ1) is 11.1. The molecule has 5 nitrogen and oxygen atoms in total. The van der Waals surface area contributed by atoms with Gasteiger partial charge in [-0.1, -0.05) is 18.2 Å². The number of phenolic OH excluding ortho intramolecular Hbond substituents is 1. The molecule has 0 atom stereocenters. The highest BCUT2D eigenvalue weighted by molar-refractivity contribution is 7.98.